The van der Waals surface area contributed by atoms with Crippen molar-refractivity contribution in [2.75, 3.05) is 17.2 Å². The molecule has 0 fully saturated rings. The van der Waals surface area contributed by atoms with E-state index in [1.807, 2.05) is 20.8 Å². The van der Waals surface area contributed by atoms with Gasteiger partial charge < -0.3 is 10.6 Å². The number of rotatable bonds is 8. The van der Waals surface area contributed by atoms with Crippen molar-refractivity contribution in [3.05, 3.63) is 44.4 Å². The molecular formula is C21H29N7O3. The van der Waals surface area contributed by atoms with Gasteiger partial charge in [0, 0.05) is 31.7 Å². The summed E-state index contributed by atoms with van der Waals surface area (Å²) in [4.78, 5) is 46.5. The average molecular weight is 428 g/mol. The van der Waals surface area contributed by atoms with Crippen molar-refractivity contribution in [1.29, 1.82) is 0 Å². The number of pyridine rings is 1. The Kier molecular flexibility index (Phi) is 6.57. The molecule has 10 nitrogen and oxygen atoms in total. The molecule has 0 aliphatic rings. The lowest BCUT2D eigenvalue weighted by Gasteiger charge is -2.24. The number of aromatic nitrogens is 5. The fourth-order valence-electron chi connectivity index (χ4n) is 3.59. The average Bonchev–Trinajstić information content (AvgIpc) is 3.02. The molecule has 0 spiro atoms. The van der Waals surface area contributed by atoms with Gasteiger partial charge in [0.2, 0.25) is 0 Å². The number of nitrogens with two attached hydrogens (primary N) is 1. The van der Waals surface area contributed by atoms with Gasteiger partial charge in [-0.2, -0.15) is 5.10 Å². The first-order valence-electron chi connectivity index (χ1n) is 10.5. The first kappa shape index (κ1) is 22.3. The number of aryl methyl sites for hydroxylation is 2. The van der Waals surface area contributed by atoms with Crippen molar-refractivity contribution in [2.24, 2.45) is 7.05 Å². The van der Waals surface area contributed by atoms with Crippen LogP contribution in [0.5, 0.6) is 0 Å². The van der Waals surface area contributed by atoms with E-state index in [4.69, 9.17) is 5.73 Å². The number of H-pyrrole nitrogens is 1. The Morgan fingerprint density at radius 1 is 1.23 bits per heavy atom. The summed E-state index contributed by atoms with van der Waals surface area (Å²) in [5.41, 5.74) is 6.75. The highest BCUT2D eigenvalue weighted by Crippen LogP contribution is 2.23. The lowest BCUT2D eigenvalue weighted by atomic mass is 10.1. The molecule has 3 N–H and O–H groups in total. The molecule has 0 radical (unpaired) electrons. The number of nitrogen functional groups attached to an aromatic ring is 1. The van der Waals surface area contributed by atoms with E-state index in [0.717, 1.165) is 30.3 Å². The minimum absolute atomic E-state index is 0.00162. The quantitative estimate of drug-likeness (QED) is 0.565. The van der Waals surface area contributed by atoms with Crippen LogP contribution in [-0.4, -0.2) is 36.8 Å². The second-order valence-electron chi connectivity index (χ2n) is 7.61. The number of anilines is 2. The smallest absolute Gasteiger partial charge is 0.330 e. The van der Waals surface area contributed by atoms with Crippen molar-refractivity contribution in [1.82, 2.24) is 24.3 Å². The predicted octanol–water partition coefficient (Wildman–Crippen LogP) is 1.96. The fourth-order valence-corrected chi connectivity index (χ4v) is 3.59. The normalized spacial score (nSPS) is 11.2. The lowest BCUT2D eigenvalue weighted by molar-refractivity contribution is 0.0986. The van der Waals surface area contributed by atoms with Gasteiger partial charge in [-0.1, -0.05) is 26.7 Å². The van der Waals surface area contributed by atoms with E-state index in [0.29, 0.717) is 30.7 Å². The highest BCUT2D eigenvalue weighted by atomic mass is 16.2. The second-order valence-corrected chi connectivity index (χ2v) is 7.61. The zero-order valence-electron chi connectivity index (χ0n) is 18.4. The Labute approximate surface area is 179 Å². The summed E-state index contributed by atoms with van der Waals surface area (Å²) in [7, 11) is 1.79. The van der Waals surface area contributed by atoms with Crippen LogP contribution in [0.4, 0.5) is 11.5 Å². The third kappa shape index (κ3) is 4.23. The van der Waals surface area contributed by atoms with Gasteiger partial charge >= 0.3 is 5.69 Å². The number of unbranched alkanes of at least 4 members (excludes halogenated alkanes) is 2. The first-order valence-corrected chi connectivity index (χ1v) is 10.5. The third-order valence-electron chi connectivity index (χ3n) is 5.31. The van der Waals surface area contributed by atoms with E-state index in [-0.39, 0.29) is 11.5 Å². The topological polar surface area (TPSA) is 132 Å². The zero-order chi connectivity index (χ0) is 22.7. The first-order chi connectivity index (χ1) is 14.8. The van der Waals surface area contributed by atoms with Gasteiger partial charge in [-0.15, -0.1) is 0 Å². The van der Waals surface area contributed by atoms with Gasteiger partial charge in [-0.3, -0.25) is 23.8 Å². The van der Waals surface area contributed by atoms with Crippen molar-refractivity contribution < 1.29 is 4.79 Å². The van der Waals surface area contributed by atoms with Crippen LogP contribution in [0.1, 0.15) is 55.6 Å². The van der Waals surface area contributed by atoms with Crippen LogP contribution >= 0.6 is 0 Å². The van der Waals surface area contributed by atoms with Crippen LogP contribution in [-0.2, 0) is 13.6 Å². The number of nitrogens with one attached hydrogen (secondary N) is 1. The molecule has 0 aliphatic heterocycles. The maximum absolute atomic E-state index is 13.5. The van der Waals surface area contributed by atoms with E-state index in [2.05, 4.69) is 15.1 Å². The molecule has 0 aromatic carbocycles. The van der Waals surface area contributed by atoms with Gasteiger partial charge in [0.15, 0.2) is 11.3 Å². The summed E-state index contributed by atoms with van der Waals surface area (Å²) >= 11 is 0. The van der Waals surface area contributed by atoms with E-state index in [1.54, 1.807) is 17.8 Å². The van der Waals surface area contributed by atoms with Crippen LogP contribution in [0, 0.1) is 6.92 Å². The van der Waals surface area contributed by atoms with Crippen molar-refractivity contribution in [2.45, 2.75) is 53.0 Å². The number of carbonyl (C=O) groups is 1. The number of fused-ring (bicyclic) bond motifs is 1. The Bertz CT molecular complexity index is 1220. The summed E-state index contributed by atoms with van der Waals surface area (Å²) in [6, 6.07) is 1.73. The number of carbonyl (C=O) groups excluding carboxylic acids is 1. The molecule has 3 rings (SSSR count). The molecule has 3 aromatic heterocycles. The van der Waals surface area contributed by atoms with Crippen molar-refractivity contribution in [3.8, 4) is 0 Å². The van der Waals surface area contributed by atoms with E-state index in [1.165, 1.54) is 15.7 Å². The molecule has 166 valence electrons. The largest absolute Gasteiger partial charge is 0.383 e. The molecule has 3 heterocycles. The standard InChI is InChI=1S/C21H29N7O3/c1-5-7-9-27(16-17(22)28(10-8-6-2)21(31)24-19(16)29)20(30)14-11-15-13(3)25-26(4)18(15)23-12-14/h11-12H,5-10,22H2,1-4H3,(H,24,29,31). The zero-order valence-corrected chi connectivity index (χ0v) is 18.4. The highest BCUT2D eigenvalue weighted by molar-refractivity contribution is 6.08. The maximum atomic E-state index is 13.5. The Morgan fingerprint density at radius 3 is 2.61 bits per heavy atom. The SMILES string of the molecule is CCCCN(C(=O)c1cnc2c(c1)c(C)nn2C)c1c(N)n(CCCC)c(=O)[nH]c1=O. The molecule has 1 amide bonds. The Balaban J connectivity index is 2.12. The number of hydrogen-bond donors (Lipinski definition) is 2. The van der Waals surface area contributed by atoms with Gasteiger partial charge in [0.1, 0.15) is 5.82 Å². The van der Waals surface area contributed by atoms with Gasteiger partial charge in [0.05, 0.1) is 11.3 Å². The van der Waals surface area contributed by atoms with Crippen LogP contribution in [0.15, 0.2) is 21.9 Å². The fraction of sp³-hybridized carbons (Fsp3) is 0.476. The molecular weight excluding hydrogens is 398 g/mol. The van der Waals surface area contributed by atoms with Crippen molar-refractivity contribution in [3.63, 3.8) is 0 Å². The van der Waals surface area contributed by atoms with Gasteiger partial charge in [0.25, 0.3) is 11.5 Å². The van der Waals surface area contributed by atoms with Crippen LogP contribution in [0.3, 0.4) is 0 Å². The molecule has 10 heteroatoms. The summed E-state index contributed by atoms with van der Waals surface area (Å²) < 4.78 is 2.97. The van der Waals surface area contributed by atoms with Crippen LogP contribution in [0.25, 0.3) is 11.0 Å². The molecule has 0 bridgehead atoms. The van der Waals surface area contributed by atoms with E-state index in [9.17, 15) is 14.4 Å². The second kappa shape index (κ2) is 9.15. The van der Waals surface area contributed by atoms with Gasteiger partial charge in [-0.25, -0.2) is 9.78 Å². The molecule has 0 atom stereocenters. The monoisotopic (exact) mass is 427 g/mol. The Hall–Kier alpha value is -3.43. The predicted molar refractivity (Wildman–Crippen MR) is 120 cm³/mol. The molecule has 0 saturated heterocycles. The molecule has 31 heavy (non-hydrogen) atoms. The summed E-state index contributed by atoms with van der Waals surface area (Å²) in [5, 5.41) is 5.10. The molecule has 0 saturated carbocycles. The number of nitrogens with zero attached hydrogens (tertiary/aromatic N) is 5. The molecule has 0 unspecified atom stereocenters. The van der Waals surface area contributed by atoms with Gasteiger partial charge in [-0.05, 0) is 25.8 Å². The maximum Gasteiger partial charge on any atom is 0.330 e. The van der Waals surface area contributed by atoms with Crippen LogP contribution < -0.4 is 21.9 Å². The minimum atomic E-state index is -0.675. The molecule has 0 aliphatic carbocycles. The molecule has 3 aromatic rings. The summed E-state index contributed by atoms with van der Waals surface area (Å²) in [6.07, 6.45) is 4.53. The number of aromatic amines is 1. The Morgan fingerprint density at radius 2 is 1.94 bits per heavy atom. The van der Waals surface area contributed by atoms with E-state index >= 15 is 0 Å². The lowest BCUT2D eigenvalue weighted by Crippen LogP contribution is -2.41. The van der Waals surface area contributed by atoms with Crippen LogP contribution in [0.2, 0.25) is 0 Å². The van der Waals surface area contributed by atoms with E-state index < -0.39 is 17.2 Å². The highest BCUT2D eigenvalue weighted by Gasteiger charge is 2.25. The number of amides is 1. The number of hydrogen-bond acceptors (Lipinski definition) is 6. The minimum Gasteiger partial charge on any atom is -0.383 e. The summed E-state index contributed by atoms with van der Waals surface area (Å²) in [5.74, 6) is -0.401. The van der Waals surface area contributed by atoms with Crippen molar-refractivity contribution >= 4 is 28.4 Å². The summed E-state index contributed by atoms with van der Waals surface area (Å²) in [6.45, 7) is 6.49. The third-order valence-corrected chi connectivity index (χ3v) is 5.31.